The summed E-state index contributed by atoms with van der Waals surface area (Å²) in [6.07, 6.45) is 5.39. The summed E-state index contributed by atoms with van der Waals surface area (Å²) in [7, 11) is 0. The van der Waals surface area contributed by atoms with Crippen molar-refractivity contribution in [1.29, 1.82) is 0 Å². The Morgan fingerprint density at radius 2 is 2.15 bits per heavy atom. The van der Waals surface area contributed by atoms with Gasteiger partial charge in [0.25, 0.3) is 0 Å². The first-order valence-electron chi connectivity index (χ1n) is 4.36. The van der Waals surface area contributed by atoms with Gasteiger partial charge in [0.2, 0.25) is 0 Å². The fourth-order valence-electron chi connectivity index (χ4n) is 1.19. The minimum atomic E-state index is 1.23. The molecule has 68 valence electrons. The lowest BCUT2D eigenvalue weighted by molar-refractivity contribution is 1.44. The van der Waals surface area contributed by atoms with Crippen LogP contribution in [-0.2, 0) is 0 Å². The summed E-state index contributed by atoms with van der Waals surface area (Å²) in [6, 6.07) is 8.42. The van der Waals surface area contributed by atoms with Crippen molar-refractivity contribution in [2.45, 2.75) is 13.8 Å². The fourth-order valence-corrected chi connectivity index (χ4v) is 1.19. The van der Waals surface area contributed by atoms with E-state index in [-0.39, 0.29) is 0 Å². The van der Waals surface area contributed by atoms with Gasteiger partial charge < -0.3 is 5.73 Å². The third-order valence-corrected chi connectivity index (χ3v) is 1.93. The van der Waals surface area contributed by atoms with Gasteiger partial charge in [-0.25, -0.2) is 0 Å². The van der Waals surface area contributed by atoms with Crippen molar-refractivity contribution in [3.63, 3.8) is 0 Å². The average Bonchev–Trinajstić information content (AvgIpc) is 2.14. The number of aryl methyl sites for hydroxylation is 1. The Labute approximate surface area is 79.6 Å². The molecule has 0 atom stereocenters. The predicted octanol–water partition coefficient (Wildman–Crippen LogP) is 2.87. The van der Waals surface area contributed by atoms with Gasteiger partial charge in [0.05, 0.1) is 0 Å². The normalized spacial score (nSPS) is 12.3. The zero-order valence-electron chi connectivity index (χ0n) is 8.12. The van der Waals surface area contributed by atoms with Gasteiger partial charge >= 0.3 is 0 Å². The van der Waals surface area contributed by atoms with E-state index in [1.165, 1.54) is 16.7 Å². The highest BCUT2D eigenvalue weighted by Gasteiger charge is 1.93. The van der Waals surface area contributed by atoms with Crippen molar-refractivity contribution >= 4 is 5.57 Å². The molecule has 1 nitrogen and oxygen atoms in total. The van der Waals surface area contributed by atoms with Crippen molar-refractivity contribution < 1.29 is 0 Å². The molecule has 0 bridgehead atoms. The molecule has 0 aliphatic rings. The van der Waals surface area contributed by atoms with E-state index in [4.69, 9.17) is 5.73 Å². The smallest absolute Gasteiger partial charge is 0.00623 e. The highest BCUT2D eigenvalue weighted by Crippen LogP contribution is 2.14. The molecule has 0 unspecified atom stereocenters. The van der Waals surface area contributed by atoms with Crippen LogP contribution in [0.15, 0.2) is 42.6 Å². The van der Waals surface area contributed by atoms with Gasteiger partial charge in [0, 0.05) is 0 Å². The molecule has 0 aromatic heterocycles. The molecule has 0 radical (unpaired) electrons. The van der Waals surface area contributed by atoms with Crippen molar-refractivity contribution in [3.8, 4) is 0 Å². The summed E-state index contributed by atoms with van der Waals surface area (Å²) in [6.45, 7) is 4.17. The van der Waals surface area contributed by atoms with Crippen LogP contribution in [0.2, 0.25) is 0 Å². The van der Waals surface area contributed by atoms with Crippen molar-refractivity contribution in [1.82, 2.24) is 0 Å². The molecule has 13 heavy (non-hydrogen) atoms. The number of hydrogen-bond donors (Lipinski definition) is 1. The Balaban J connectivity index is 2.94. The Hall–Kier alpha value is -1.50. The minimum Gasteiger partial charge on any atom is -0.405 e. The molecule has 1 aromatic carbocycles. The van der Waals surface area contributed by atoms with E-state index < -0.39 is 0 Å². The van der Waals surface area contributed by atoms with Crippen LogP contribution in [0.3, 0.4) is 0 Å². The van der Waals surface area contributed by atoms with Crippen LogP contribution in [0.25, 0.3) is 5.57 Å². The zero-order chi connectivity index (χ0) is 9.68. The maximum atomic E-state index is 5.26. The van der Waals surface area contributed by atoms with E-state index >= 15 is 0 Å². The average molecular weight is 173 g/mol. The molecule has 1 rings (SSSR count). The molecule has 0 fully saturated rings. The minimum absolute atomic E-state index is 1.23. The van der Waals surface area contributed by atoms with Crippen LogP contribution in [0.1, 0.15) is 18.1 Å². The summed E-state index contributed by atoms with van der Waals surface area (Å²) in [5.41, 5.74) is 9.01. The lowest BCUT2D eigenvalue weighted by Gasteiger charge is -2.01. The number of nitrogens with two attached hydrogens (primary N) is 1. The predicted molar refractivity (Wildman–Crippen MR) is 58.2 cm³/mol. The second-order valence-electron chi connectivity index (χ2n) is 3.10. The monoisotopic (exact) mass is 173 g/mol. The van der Waals surface area contributed by atoms with Crippen LogP contribution >= 0.6 is 0 Å². The van der Waals surface area contributed by atoms with Crippen molar-refractivity contribution in [3.05, 3.63) is 53.7 Å². The standard InChI is InChI=1S/C12H15N/c1-10-5-3-7-12(9-10)11(2)6-4-8-13/h3-9H,13H2,1-2H3/b8-4-,11-6+. The third kappa shape index (κ3) is 2.79. The van der Waals surface area contributed by atoms with Gasteiger partial charge in [-0.1, -0.05) is 35.9 Å². The first-order chi connectivity index (χ1) is 6.24. The van der Waals surface area contributed by atoms with Crippen LogP contribution in [-0.4, -0.2) is 0 Å². The summed E-state index contributed by atoms with van der Waals surface area (Å²) in [4.78, 5) is 0. The molecule has 0 spiro atoms. The molecule has 2 N–H and O–H groups in total. The molecule has 0 amide bonds. The third-order valence-electron chi connectivity index (χ3n) is 1.93. The molecule has 1 aromatic rings. The zero-order valence-corrected chi connectivity index (χ0v) is 8.12. The molecular weight excluding hydrogens is 158 g/mol. The van der Waals surface area contributed by atoms with Gasteiger partial charge in [-0.3, -0.25) is 0 Å². The summed E-state index contributed by atoms with van der Waals surface area (Å²) >= 11 is 0. The lowest BCUT2D eigenvalue weighted by atomic mass is 10.1. The second kappa shape index (κ2) is 4.51. The largest absolute Gasteiger partial charge is 0.405 e. The molecule has 1 heteroatoms. The van der Waals surface area contributed by atoms with Crippen molar-refractivity contribution in [2.75, 3.05) is 0 Å². The SMILES string of the molecule is C/C(=C\C=C/N)c1cccc(C)c1. The topological polar surface area (TPSA) is 26.0 Å². The Bertz CT molecular complexity index is 335. The summed E-state index contributed by atoms with van der Waals surface area (Å²) in [5, 5.41) is 0. The first kappa shape index (κ1) is 9.59. The molecule has 0 heterocycles. The number of allylic oxidation sites excluding steroid dienone is 3. The quantitative estimate of drug-likeness (QED) is 0.684. The lowest BCUT2D eigenvalue weighted by Crippen LogP contribution is -1.81. The summed E-state index contributed by atoms with van der Waals surface area (Å²) in [5.74, 6) is 0. The molecule has 0 aliphatic carbocycles. The Kier molecular flexibility index (Phi) is 3.32. The van der Waals surface area contributed by atoms with Gasteiger partial charge in [0.1, 0.15) is 0 Å². The molecular formula is C12H15N. The Morgan fingerprint density at radius 3 is 2.77 bits per heavy atom. The van der Waals surface area contributed by atoms with Gasteiger partial charge in [-0.05, 0) is 37.3 Å². The molecule has 0 saturated carbocycles. The van der Waals surface area contributed by atoms with Gasteiger partial charge in [-0.15, -0.1) is 0 Å². The van der Waals surface area contributed by atoms with Crippen LogP contribution in [0, 0.1) is 6.92 Å². The van der Waals surface area contributed by atoms with Gasteiger partial charge in [0.15, 0.2) is 0 Å². The molecule has 0 saturated heterocycles. The summed E-state index contributed by atoms with van der Waals surface area (Å²) < 4.78 is 0. The van der Waals surface area contributed by atoms with E-state index in [0.29, 0.717) is 0 Å². The fraction of sp³-hybridized carbons (Fsp3) is 0.167. The number of hydrogen-bond acceptors (Lipinski definition) is 1. The Morgan fingerprint density at radius 1 is 1.38 bits per heavy atom. The number of benzene rings is 1. The second-order valence-corrected chi connectivity index (χ2v) is 3.10. The van der Waals surface area contributed by atoms with Crippen LogP contribution < -0.4 is 5.73 Å². The van der Waals surface area contributed by atoms with Crippen molar-refractivity contribution in [2.24, 2.45) is 5.73 Å². The van der Waals surface area contributed by atoms with E-state index in [9.17, 15) is 0 Å². The first-order valence-corrected chi connectivity index (χ1v) is 4.36. The highest BCUT2D eigenvalue weighted by atomic mass is 14.5. The number of rotatable bonds is 2. The molecule has 0 aliphatic heterocycles. The van der Waals surface area contributed by atoms with E-state index in [1.807, 2.05) is 12.2 Å². The van der Waals surface area contributed by atoms with Crippen LogP contribution in [0.5, 0.6) is 0 Å². The maximum absolute atomic E-state index is 5.26. The van der Waals surface area contributed by atoms with E-state index in [1.54, 1.807) is 6.20 Å². The van der Waals surface area contributed by atoms with E-state index in [0.717, 1.165) is 0 Å². The maximum Gasteiger partial charge on any atom is -0.00623 e. The van der Waals surface area contributed by atoms with Gasteiger partial charge in [-0.2, -0.15) is 0 Å². The van der Waals surface area contributed by atoms with Crippen LogP contribution in [0.4, 0.5) is 0 Å². The van der Waals surface area contributed by atoms with E-state index in [2.05, 4.69) is 38.1 Å². The highest BCUT2D eigenvalue weighted by molar-refractivity contribution is 5.65.